The Bertz CT molecular complexity index is 786. The summed E-state index contributed by atoms with van der Waals surface area (Å²) in [4.78, 5) is 16.8. The summed E-state index contributed by atoms with van der Waals surface area (Å²) < 4.78 is 5.73. The van der Waals surface area contributed by atoms with E-state index in [0.29, 0.717) is 13.0 Å². The van der Waals surface area contributed by atoms with Crippen LogP contribution in [0.3, 0.4) is 0 Å². The Labute approximate surface area is 166 Å². The van der Waals surface area contributed by atoms with Crippen molar-refractivity contribution in [3.05, 3.63) is 58.6 Å². The van der Waals surface area contributed by atoms with Crippen LogP contribution in [-0.4, -0.2) is 43.6 Å². The van der Waals surface area contributed by atoms with E-state index in [1.807, 2.05) is 30.0 Å². The molecule has 0 aromatic heterocycles. The van der Waals surface area contributed by atoms with Crippen molar-refractivity contribution in [2.24, 2.45) is 0 Å². The Hall–Kier alpha value is -2.20. The van der Waals surface area contributed by atoms with Crippen molar-refractivity contribution in [1.82, 2.24) is 4.90 Å². The number of hydrogen-bond donors (Lipinski definition) is 0. The van der Waals surface area contributed by atoms with E-state index >= 15 is 0 Å². The first kappa shape index (κ1) is 19.6. The molecule has 1 heterocycles. The maximum atomic E-state index is 12.5. The number of benzene rings is 2. The van der Waals surface area contributed by atoms with E-state index in [4.69, 9.17) is 16.3 Å². The second-order valence-electron chi connectivity index (χ2n) is 7.02. The minimum absolute atomic E-state index is 0.218. The zero-order valence-electron chi connectivity index (χ0n) is 16.1. The number of anilines is 1. The van der Waals surface area contributed by atoms with Crippen LogP contribution in [0.2, 0.25) is 5.02 Å². The molecule has 0 saturated carbocycles. The highest BCUT2D eigenvalue weighted by atomic mass is 35.5. The van der Waals surface area contributed by atoms with Gasteiger partial charge in [0.2, 0.25) is 5.91 Å². The first-order valence-corrected chi connectivity index (χ1v) is 9.89. The Kier molecular flexibility index (Phi) is 6.62. The summed E-state index contributed by atoms with van der Waals surface area (Å²) in [5.41, 5.74) is 3.56. The van der Waals surface area contributed by atoms with Crippen LogP contribution in [0.4, 0.5) is 5.69 Å². The fraction of sp³-hybridized carbons (Fsp3) is 0.409. The van der Waals surface area contributed by atoms with E-state index in [0.717, 1.165) is 48.9 Å². The fourth-order valence-corrected chi connectivity index (χ4v) is 3.51. The number of piperazine rings is 1. The molecule has 144 valence electrons. The van der Waals surface area contributed by atoms with Crippen LogP contribution in [0.15, 0.2) is 42.5 Å². The molecule has 0 spiro atoms. The third-order valence-corrected chi connectivity index (χ3v) is 5.45. The van der Waals surface area contributed by atoms with Crippen molar-refractivity contribution in [2.45, 2.75) is 26.7 Å². The standard InChI is InChI=1S/C22H27ClN2O2/c1-17-6-3-4-7-21(17)24-11-13-25(14-12-24)22(26)8-5-15-27-19-9-10-20(23)18(2)16-19/h3-4,6-7,9-10,16H,5,8,11-15H2,1-2H3. The number of rotatable bonds is 6. The average Bonchev–Trinajstić information content (AvgIpc) is 2.68. The Morgan fingerprint density at radius 3 is 2.48 bits per heavy atom. The topological polar surface area (TPSA) is 32.8 Å². The van der Waals surface area contributed by atoms with Gasteiger partial charge < -0.3 is 14.5 Å². The summed E-state index contributed by atoms with van der Waals surface area (Å²) in [5.74, 6) is 1.02. The van der Waals surface area contributed by atoms with Gasteiger partial charge in [0.05, 0.1) is 6.61 Å². The predicted molar refractivity (Wildman–Crippen MR) is 111 cm³/mol. The number of nitrogens with zero attached hydrogens (tertiary/aromatic N) is 2. The second-order valence-corrected chi connectivity index (χ2v) is 7.42. The van der Waals surface area contributed by atoms with E-state index < -0.39 is 0 Å². The molecular formula is C22H27ClN2O2. The molecule has 3 rings (SSSR count). The molecule has 2 aromatic rings. The molecule has 1 amide bonds. The molecule has 5 heteroatoms. The predicted octanol–water partition coefficient (Wildman–Crippen LogP) is 4.46. The largest absolute Gasteiger partial charge is 0.494 e. The number of amides is 1. The molecule has 2 aromatic carbocycles. The van der Waals surface area contributed by atoms with Crippen LogP contribution in [0.1, 0.15) is 24.0 Å². The van der Waals surface area contributed by atoms with Gasteiger partial charge in [-0.05, 0) is 55.7 Å². The van der Waals surface area contributed by atoms with E-state index in [-0.39, 0.29) is 5.91 Å². The third-order valence-electron chi connectivity index (χ3n) is 5.02. The van der Waals surface area contributed by atoms with Gasteiger partial charge in [0.25, 0.3) is 0 Å². The zero-order valence-corrected chi connectivity index (χ0v) is 16.8. The van der Waals surface area contributed by atoms with Gasteiger partial charge in [0.15, 0.2) is 0 Å². The van der Waals surface area contributed by atoms with E-state index in [1.165, 1.54) is 11.3 Å². The van der Waals surface area contributed by atoms with Crippen LogP contribution >= 0.6 is 11.6 Å². The maximum Gasteiger partial charge on any atom is 0.222 e. The SMILES string of the molecule is Cc1cc(OCCCC(=O)N2CCN(c3ccccc3C)CC2)ccc1Cl. The molecular weight excluding hydrogens is 360 g/mol. The normalized spacial score (nSPS) is 14.3. The Morgan fingerprint density at radius 1 is 1.04 bits per heavy atom. The molecule has 0 bridgehead atoms. The number of aryl methyl sites for hydroxylation is 2. The monoisotopic (exact) mass is 386 g/mol. The summed E-state index contributed by atoms with van der Waals surface area (Å²) in [7, 11) is 0. The molecule has 4 nitrogen and oxygen atoms in total. The Balaban J connectivity index is 1.39. The van der Waals surface area contributed by atoms with Gasteiger partial charge in [-0.3, -0.25) is 4.79 Å². The van der Waals surface area contributed by atoms with Gasteiger partial charge in [-0.1, -0.05) is 29.8 Å². The summed E-state index contributed by atoms with van der Waals surface area (Å²) in [6, 6.07) is 14.0. The van der Waals surface area contributed by atoms with Gasteiger partial charge in [-0.25, -0.2) is 0 Å². The van der Waals surface area contributed by atoms with Gasteiger partial charge in [0.1, 0.15) is 5.75 Å². The number of hydrogen-bond acceptors (Lipinski definition) is 3. The number of para-hydroxylation sites is 1. The number of ether oxygens (including phenoxy) is 1. The van der Waals surface area contributed by atoms with Crippen LogP contribution < -0.4 is 9.64 Å². The first-order chi connectivity index (χ1) is 13.0. The lowest BCUT2D eigenvalue weighted by Crippen LogP contribution is -2.49. The lowest BCUT2D eigenvalue weighted by atomic mass is 10.1. The molecule has 0 N–H and O–H groups in total. The highest BCUT2D eigenvalue weighted by molar-refractivity contribution is 6.31. The van der Waals surface area contributed by atoms with Gasteiger partial charge in [-0.15, -0.1) is 0 Å². The van der Waals surface area contributed by atoms with Gasteiger partial charge in [0, 0.05) is 43.3 Å². The second kappa shape index (κ2) is 9.14. The van der Waals surface area contributed by atoms with Crippen LogP contribution in [-0.2, 0) is 4.79 Å². The van der Waals surface area contributed by atoms with Crippen molar-refractivity contribution in [3.63, 3.8) is 0 Å². The van der Waals surface area contributed by atoms with Crippen LogP contribution in [0, 0.1) is 13.8 Å². The van der Waals surface area contributed by atoms with Gasteiger partial charge >= 0.3 is 0 Å². The van der Waals surface area contributed by atoms with Crippen molar-refractivity contribution >= 4 is 23.2 Å². The lowest BCUT2D eigenvalue weighted by Gasteiger charge is -2.36. The molecule has 1 aliphatic heterocycles. The number of carbonyl (C=O) groups is 1. The lowest BCUT2D eigenvalue weighted by molar-refractivity contribution is -0.131. The molecule has 27 heavy (non-hydrogen) atoms. The smallest absolute Gasteiger partial charge is 0.222 e. The molecule has 1 aliphatic rings. The van der Waals surface area contributed by atoms with Crippen molar-refractivity contribution < 1.29 is 9.53 Å². The summed E-state index contributed by atoms with van der Waals surface area (Å²) in [5, 5.41) is 0.738. The fourth-order valence-electron chi connectivity index (χ4n) is 3.39. The highest BCUT2D eigenvalue weighted by Gasteiger charge is 2.21. The molecule has 0 unspecified atom stereocenters. The Morgan fingerprint density at radius 2 is 1.78 bits per heavy atom. The average molecular weight is 387 g/mol. The summed E-state index contributed by atoms with van der Waals surface area (Å²) in [6.07, 6.45) is 1.25. The molecule has 1 saturated heterocycles. The van der Waals surface area contributed by atoms with Crippen LogP contribution in [0.25, 0.3) is 0 Å². The quantitative estimate of drug-likeness (QED) is 0.687. The third kappa shape index (κ3) is 5.16. The van der Waals surface area contributed by atoms with E-state index in [2.05, 4.69) is 36.1 Å². The van der Waals surface area contributed by atoms with Crippen molar-refractivity contribution in [1.29, 1.82) is 0 Å². The maximum absolute atomic E-state index is 12.5. The van der Waals surface area contributed by atoms with E-state index in [1.54, 1.807) is 0 Å². The summed E-state index contributed by atoms with van der Waals surface area (Å²) in [6.45, 7) is 7.96. The summed E-state index contributed by atoms with van der Waals surface area (Å²) >= 11 is 6.02. The molecule has 0 radical (unpaired) electrons. The molecule has 1 fully saturated rings. The molecule has 0 atom stereocenters. The van der Waals surface area contributed by atoms with Crippen LogP contribution in [0.5, 0.6) is 5.75 Å². The van der Waals surface area contributed by atoms with Crippen molar-refractivity contribution in [2.75, 3.05) is 37.7 Å². The molecule has 0 aliphatic carbocycles. The first-order valence-electron chi connectivity index (χ1n) is 9.52. The van der Waals surface area contributed by atoms with Gasteiger partial charge in [-0.2, -0.15) is 0 Å². The highest BCUT2D eigenvalue weighted by Crippen LogP contribution is 2.22. The number of halogens is 1. The minimum atomic E-state index is 0.218. The number of carbonyl (C=O) groups excluding carboxylic acids is 1. The minimum Gasteiger partial charge on any atom is -0.494 e. The van der Waals surface area contributed by atoms with E-state index in [9.17, 15) is 4.79 Å². The van der Waals surface area contributed by atoms with Crippen molar-refractivity contribution in [3.8, 4) is 5.75 Å². The zero-order chi connectivity index (χ0) is 19.2.